The van der Waals surface area contributed by atoms with E-state index in [0.717, 1.165) is 10.9 Å². The average molecular weight is 355 g/mol. The molecule has 2 rings (SSSR count). The van der Waals surface area contributed by atoms with Crippen LogP contribution in [0.25, 0.3) is 11.2 Å². The molecule has 0 unspecified atom stereocenters. The largest absolute Gasteiger partial charge is 0.327 e. The monoisotopic (exact) mass is 354 g/mol. The highest BCUT2D eigenvalue weighted by Gasteiger charge is 2.11. The summed E-state index contributed by atoms with van der Waals surface area (Å²) < 4.78 is 3.73. The molecule has 0 aliphatic carbocycles. The summed E-state index contributed by atoms with van der Waals surface area (Å²) in [5.41, 5.74) is 1.06. The zero-order chi connectivity index (χ0) is 16.8. The van der Waals surface area contributed by atoms with E-state index in [0.29, 0.717) is 15.9 Å². The first-order valence-electron chi connectivity index (χ1n) is 8.34. The first kappa shape index (κ1) is 18.3. The molecule has 0 bridgehead atoms. The Balaban J connectivity index is 1.90. The molecule has 0 aliphatic heterocycles. The first-order valence-corrected chi connectivity index (χ1v) is 9.74. The second-order valence-electron chi connectivity index (χ2n) is 5.92. The Hall–Kier alpha value is -1.08. The third-order valence-electron chi connectivity index (χ3n) is 4.06. The molecule has 2 aromatic heterocycles. The number of aryl methyl sites for hydroxylation is 1. The normalized spacial score (nSPS) is 11.4. The maximum absolute atomic E-state index is 12.2. The molecule has 128 valence electrons. The molecule has 0 aromatic carbocycles. The van der Waals surface area contributed by atoms with Gasteiger partial charge >= 0.3 is 0 Å². The number of nitrogens with zero attached hydrogens (tertiary/aromatic N) is 3. The van der Waals surface area contributed by atoms with Crippen LogP contribution in [0, 0.1) is 4.77 Å². The lowest BCUT2D eigenvalue weighted by Crippen LogP contribution is -2.21. The van der Waals surface area contributed by atoms with E-state index in [2.05, 4.69) is 16.9 Å². The van der Waals surface area contributed by atoms with Gasteiger partial charge in [0.15, 0.2) is 21.1 Å². The number of unbranched alkanes of at least 4 members (excludes halogenated alkanes) is 6. The molecule has 2 heterocycles. The van der Waals surface area contributed by atoms with Crippen molar-refractivity contribution in [2.45, 2.75) is 57.0 Å². The van der Waals surface area contributed by atoms with Gasteiger partial charge in [0.1, 0.15) is 0 Å². The molecule has 7 heteroatoms. The number of imidazole rings is 1. The van der Waals surface area contributed by atoms with E-state index in [1.165, 1.54) is 49.5 Å². The van der Waals surface area contributed by atoms with Gasteiger partial charge in [0.25, 0.3) is 5.56 Å². The molecule has 0 amide bonds. The summed E-state index contributed by atoms with van der Waals surface area (Å²) >= 11 is 6.93. The predicted octanol–water partition coefficient (Wildman–Crippen LogP) is 4.17. The standard InChI is InChI=1S/C16H26N4OS2/c1-4-5-6-7-8-9-10-11-23-15-17-12-13(18-15)19(2)16(22)20(3)14(12)21/h4-11H2,1-3H3,(H,17,18). The summed E-state index contributed by atoms with van der Waals surface area (Å²) in [5, 5.41) is 0.805. The number of aromatic nitrogens is 4. The van der Waals surface area contributed by atoms with E-state index >= 15 is 0 Å². The smallest absolute Gasteiger partial charge is 0.280 e. The van der Waals surface area contributed by atoms with Gasteiger partial charge in [0, 0.05) is 19.8 Å². The zero-order valence-electron chi connectivity index (χ0n) is 14.2. The quantitative estimate of drug-likeness (QED) is 0.417. The third-order valence-corrected chi connectivity index (χ3v) is 5.57. The van der Waals surface area contributed by atoms with Crippen molar-refractivity contribution in [2.75, 3.05) is 5.75 Å². The fraction of sp³-hybridized carbons (Fsp3) is 0.688. The highest BCUT2D eigenvalue weighted by Crippen LogP contribution is 2.19. The van der Waals surface area contributed by atoms with Crippen molar-refractivity contribution < 1.29 is 0 Å². The van der Waals surface area contributed by atoms with Gasteiger partial charge in [-0.25, -0.2) is 4.98 Å². The number of hydrogen-bond donors (Lipinski definition) is 1. The lowest BCUT2D eigenvalue weighted by Gasteiger charge is -2.03. The van der Waals surface area contributed by atoms with Crippen LogP contribution in [0.5, 0.6) is 0 Å². The number of nitrogens with one attached hydrogen (secondary N) is 1. The summed E-state index contributed by atoms with van der Waals surface area (Å²) in [6.07, 6.45) is 9.12. The van der Waals surface area contributed by atoms with E-state index in [1.54, 1.807) is 23.4 Å². The van der Waals surface area contributed by atoms with Crippen LogP contribution < -0.4 is 5.56 Å². The number of rotatable bonds is 9. The fourth-order valence-corrected chi connectivity index (χ4v) is 3.64. The van der Waals surface area contributed by atoms with Gasteiger partial charge in [-0.15, -0.1) is 0 Å². The maximum atomic E-state index is 12.2. The predicted molar refractivity (Wildman–Crippen MR) is 99.9 cm³/mol. The van der Waals surface area contributed by atoms with Crippen molar-refractivity contribution in [1.29, 1.82) is 0 Å². The number of fused-ring (bicyclic) bond motifs is 1. The second-order valence-corrected chi connectivity index (χ2v) is 7.36. The zero-order valence-corrected chi connectivity index (χ0v) is 15.9. The summed E-state index contributed by atoms with van der Waals surface area (Å²) in [5.74, 6) is 1.03. The van der Waals surface area contributed by atoms with Crippen LogP contribution in [0.15, 0.2) is 9.95 Å². The highest BCUT2D eigenvalue weighted by molar-refractivity contribution is 7.99. The van der Waals surface area contributed by atoms with Crippen molar-refractivity contribution in [1.82, 2.24) is 19.1 Å². The van der Waals surface area contributed by atoms with Gasteiger partial charge in [-0.1, -0.05) is 57.2 Å². The van der Waals surface area contributed by atoms with Gasteiger partial charge in [-0.3, -0.25) is 9.36 Å². The Bertz CT molecular complexity index is 760. The Morgan fingerprint density at radius 3 is 2.43 bits per heavy atom. The number of hydrogen-bond acceptors (Lipinski definition) is 4. The van der Waals surface area contributed by atoms with Crippen molar-refractivity contribution >= 4 is 35.1 Å². The minimum Gasteiger partial charge on any atom is -0.327 e. The van der Waals surface area contributed by atoms with E-state index < -0.39 is 0 Å². The molecule has 1 N–H and O–H groups in total. The molecule has 23 heavy (non-hydrogen) atoms. The lowest BCUT2D eigenvalue weighted by molar-refractivity contribution is 0.603. The number of H-pyrrole nitrogens is 1. The van der Waals surface area contributed by atoms with Gasteiger partial charge in [0.05, 0.1) is 0 Å². The van der Waals surface area contributed by atoms with Crippen molar-refractivity contribution in [3.8, 4) is 0 Å². The molecule has 0 radical (unpaired) electrons. The average Bonchev–Trinajstić information content (AvgIpc) is 2.98. The third kappa shape index (κ3) is 4.47. The molecule has 0 saturated heterocycles. The molecule has 0 spiro atoms. The summed E-state index contributed by atoms with van der Waals surface area (Å²) in [7, 11) is 3.53. The lowest BCUT2D eigenvalue weighted by atomic mass is 10.1. The SMILES string of the molecule is CCCCCCCCCSc1nc2c([nH]1)c(=O)n(C)c(=S)n2C. The van der Waals surface area contributed by atoms with Gasteiger partial charge in [-0.05, 0) is 18.6 Å². The highest BCUT2D eigenvalue weighted by atomic mass is 32.2. The van der Waals surface area contributed by atoms with Crippen LogP contribution in [-0.4, -0.2) is 24.9 Å². The minimum atomic E-state index is -0.113. The molecular formula is C16H26N4OS2. The van der Waals surface area contributed by atoms with Crippen molar-refractivity contribution in [2.24, 2.45) is 14.1 Å². The number of thioether (sulfide) groups is 1. The van der Waals surface area contributed by atoms with Crippen LogP contribution in [0.1, 0.15) is 51.9 Å². The summed E-state index contributed by atoms with van der Waals surface area (Å²) in [6, 6.07) is 0. The molecule has 5 nitrogen and oxygen atoms in total. The van der Waals surface area contributed by atoms with Crippen LogP contribution in [0.4, 0.5) is 0 Å². The molecular weight excluding hydrogens is 328 g/mol. The van der Waals surface area contributed by atoms with Crippen molar-refractivity contribution in [3.05, 3.63) is 15.1 Å². The molecule has 0 atom stereocenters. The fourth-order valence-electron chi connectivity index (χ4n) is 2.60. The summed E-state index contributed by atoms with van der Waals surface area (Å²) in [4.78, 5) is 19.9. The summed E-state index contributed by atoms with van der Waals surface area (Å²) in [6.45, 7) is 2.24. The topological polar surface area (TPSA) is 55.6 Å². The van der Waals surface area contributed by atoms with E-state index in [1.807, 2.05) is 7.05 Å². The molecule has 0 fully saturated rings. The second kappa shape index (κ2) is 8.68. The van der Waals surface area contributed by atoms with Crippen LogP contribution in [-0.2, 0) is 14.1 Å². The van der Waals surface area contributed by atoms with E-state index in [4.69, 9.17) is 12.2 Å². The van der Waals surface area contributed by atoms with Crippen LogP contribution in [0.2, 0.25) is 0 Å². The van der Waals surface area contributed by atoms with Gasteiger partial charge in [0.2, 0.25) is 0 Å². The van der Waals surface area contributed by atoms with Gasteiger partial charge in [-0.2, -0.15) is 0 Å². The van der Waals surface area contributed by atoms with Gasteiger partial charge < -0.3 is 9.55 Å². The minimum absolute atomic E-state index is 0.113. The van der Waals surface area contributed by atoms with E-state index in [-0.39, 0.29) is 5.56 Å². The Morgan fingerprint density at radius 2 is 1.74 bits per heavy atom. The first-order chi connectivity index (χ1) is 11.1. The Labute approximate surface area is 146 Å². The van der Waals surface area contributed by atoms with Crippen LogP contribution in [0.3, 0.4) is 0 Å². The van der Waals surface area contributed by atoms with E-state index in [9.17, 15) is 4.79 Å². The Kier molecular flexibility index (Phi) is 6.89. The molecule has 0 aliphatic rings. The Morgan fingerprint density at radius 1 is 1.09 bits per heavy atom. The molecule has 0 saturated carbocycles. The van der Waals surface area contributed by atoms with Crippen LogP contribution >= 0.6 is 24.0 Å². The molecule has 2 aromatic rings. The number of aromatic amines is 1. The maximum Gasteiger partial charge on any atom is 0.280 e. The van der Waals surface area contributed by atoms with Crippen molar-refractivity contribution in [3.63, 3.8) is 0 Å².